The summed E-state index contributed by atoms with van der Waals surface area (Å²) in [7, 11) is 0. The molecule has 2 aliphatic carbocycles. The van der Waals surface area contributed by atoms with Crippen LogP contribution in [-0.4, -0.2) is 6.61 Å². The van der Waals surface area contributed by atoms with E-state index in [9.17, 15) is 0 Å². The van der Waals surface area contributed by atoms with Crippen molar-refractivity contribution in [1.82, 2.24) is 0 Å². The van der Waals surface area contributed by atoms with E-state index in [1.54, 1.807) is 5.57 Å². The lowest BCUT2D eigenvalue weighted by molar-refractivity contribution is 0.216. The second-order valence-electron chi connectivity index (χ2n) is 4.36. The Hall–Kier alpha value is -0.210. The van der Waals surface area contributed by atoms with Crippen LogP contribution in [0.2, 0.25) is 0 Å². The van der Waals surface area contributed by atoms with Gasteiger partial charge >= 0.3 is 0 Å². The Labute approximate surface area is 91.8 Å². The summed E-state index contributed by atoms with van der Waals surface area (Å²) in [5.41, 5.74) is 1.58. The highest BCUT2D eigenvalue weighted by molar-refractivity contribution is 7.75. The summed E-state index contributed by atoms with van der Waals surface area (Å²) < 4.78 is 4.91. The van der Waals surface area contributed by atoms with Crippen molar-refractivity contribution in [3.05, 3.63) is 23.8 Å². The predicted molar refractivity (Wildman–Crippen MR) is 62.2 cm³/mol. The third-order valence-corrected chi connectivity index (χ3v) is 3.58. The highest BCUT2D eigenvalue weighted by Gasteiger charge is 2.23. The molecule has 0 amide bonds. The van der Waals surface area contributed by atoms with Crippen molar-refractivity contribution in [2.75, 3.05) is 6.61 Å². The number of rotatable bonds is 3. The quantitative estimate of drug-likeness (QED) is 0.553. The molecule has 0 saturated heterocycles. The van der Waals surface area contributed by atoms with E-state index in [4.69, 9.17) is 4.18 Å². The Morgan fingerprint density at radius 2 is 2.07 bits per heavy atom. The van der Waals surface area contributed by atoms with Gasteiger partial charge in [-0.3, -0.25) is 0 Å². The molecule has 0 unspecified atom stereocenters. The third kappa shape index (κ3) is 2.43. The van der Waals surface area contributed by atoms with Gasteiger partial charge in [0.15, 0.2) is 0 Å². The van der Waals surface area contributed by atoms with Crippen molar-refractivity contribution >= 4 is 12.9 Å². The molecule has 1 saturated carbocycles. The van der Waals surface area contributed by atoms with Crippen LogP contribution >= 0.6 is 12.9 Å². The highest BCUT2D eigenvalue weighted by Crippen LogP contribution is 2.35. The van der Waals surface area contributed by atoms with E-state index in [0.29, 0.717) is 0 Å². The maximum atomic E-state index is 4.91. The summed E-state index contributed by atoms with van der Waals surface area (Å²) >= 11 is 3.82. The average molecular weight is 210 g/mol. The summed E-state index contributed by atoms with van der Waals surface area (Å²) in [6, 6.07) is 0. The number of thiol groups is 1. The molecule has 0 spiro atoms. The summed E-state index contributed by atoms with van der Waals surface area (Å²) in [6.45, 7) is 0.824. The van der Waals surface area contributed by atoms with Crippen LogP contribution < -0.4 is 0 Å². The van der Waals surface area contributed by atoms with Crippen LogP contribution in [0.25, 0.3) is 0 Å². The molecule has 0 atom stereocenters. The summed E-state index contributed by atoms with van der Waals surface area (Å²) in [4.78, 5) is 0. The summed E-state index contributed by atoms with van der Waals surface area (Å²) in [6.07, 6.45) is 13.4. The van der Waals surface area contributed by atoms with Gasteiger partial charge in [0.1, 0.15) is 0 Å². The van der Waals surface area contributed by atoms with Crippen LogP contribution in [0.15, 0.2) is 23.8 Å². The van der Waals surface area contributed by atoms with E-state index in [0.717, 1.165) is 24.9 Å². The first-order valence-corrected chi connectivity index (χ1v) is 5.89. The Morgan fingerprint density at radius 1 is 1.29 bits per heavy atom. The fourth-order valence-electron chi connectivity index (χ4n) is 2.55. The fraction of sp³-hybridized carbons (Fsp3) is 0.667. The van der Waals surface area contributed by atoms with E-state index in [-0.39, 0.29) is 0 Å². The Bertz CT molecular complexity index is 237. The van der Waals surface area contributed by atoms with Gasteiger partial charge < -0.3 is 4.18 Å². The van der Waals surface area contributed by atoms with Crippen molar-refractivity contribution < 1.29 is 4.18 Å². The normalized spacial score (nSPS) is 31.9. The lowest BCUT2D eigenvalue weighted by Gasteiger charge is -2.28. The zero-order valence-corrected chi connectivity index (χ0v) is 9.38. The molecule has 0 aromatic carbocycles. The van der Waals surface area contributed by atoms with E-state index < -0.39 is 0 Å². The maximum Gasteiger partial charge on any atom is 0.0638 e. The standard InChI is InChI=1S/C12H18OS/c14-13-9-10-5-7-12(8-6-10)11-3-1-2-4-11/h1,3-4,10,12,14H,2,5-9H2. The molecule has 1 fully saturated rings. The second-order valence-corrected chi connectivity index (χ2v) is 4.61. The minimum absolute atomic E-state index is 0.745. The second kappa shape index (κ2) is 5.04. The van der Waals surface area contributed by atoms with Crippen LogP contribution in [0.3, 0.4) is 0 Å². The van der Waals surface area contributed by atoms with Crippen LogP contribution in [0.4, 0.5) is 0 Å². The molecule has 2 rings (SSSR count). The Morgan fingerprint density at radius 3 is 2.64 bits per heavy atom. The van der Waals surface area contributed by atoms with Crippen LogP contribution in [0, 0.1) is 11.8 Å². The smallest absolute Gasteiger partial charge is 0.0638 e. The number of allylic oxidation sites excluding steroid dienone is 4. The third-order valence-electron chi connectivity index (χ3n) is 3.43. The van der Waals surface area contributed by atoms with Gasteiger partial charge in [-0.05, 0) is 62.4 Å². The molecule has 2 aliphatic rings. The first-order valence-electron chi connectivity index (χ1n) is 5.53. The van der Waals surface area contributed by atoms with Crippen molar-refractivity contribution in [3.8, 4) is 0 Å². The van der Waals surface area contributed by atoms with Crippen molar-refractivity contribution in [2.45, 2.75) is 32.1 Å². The lowest BCUT2D eigenvalue weighted by atomic mass is 9.79. The molecular formula is C12H18OS. The molecule has 14 heavy (non-hydrogen) atoms. The zero-order chi connectivity index (χ0) is 9.80. The van der Waals surface area contributed by atoms with Gasteiger partial charge in [-0.15, -0.1) is 0 Å². The molecule has 0 bridgehead atoms. The monoisotopic (exact) mass is 210 g/mol. The van der Waals surface area contributed by atoms with Gasteiger partial charge in [-0.2, -0.15) is 0 Å². The van der Waals surface area contributed by atoms with Gasteiger partial charge in [-0.1, -0.05) is 18.2 Å². The largest absolute Gasteiger partial charge is 0.318 e. The van der Waals surface area contributed by atoms with E-state index >= 15 is 0 Å². The number of hydrogen-bond donors (Lipinski definition) is 1. The van der Waals surface area contributed by atoms with Crippen molar-refractivity contribution in [2.24, 2.45) is 11.8 Å². The summed E-state index contributed by atoms with van der Waals surface area (Å²) in [5.74, 6) is 1.57. The average Bonchev–Trinajstić information content (AvgIpc) is 2.72. The minimum atomic E-state index is 0.745. The zero-order valence-electron chi connectivity index (χ0n) is 8.48. The molecular weight excluding hydrogens is 192 g/mol. The van der Waals surface area contributed by atoms with Crippen LogP contribution in [0.1, 0.15) is 32.1 Å². The van der Waals surface area contributed by atoms with Crippen LogP contribution in [0.5, 0.6) is 0 Å². The highest BCUT2D eigenvalue weighted by atomic mass is 32.1. The van der Waals surface area contributed by atoms with Gasteiger partial charge in [0.2, 0.25) is 0 Å². The lowest BCUT2D eigenvalue weighted by Crippen LogP contribution is -2.18. The first kappa shape index (κ1) is 10.3. The van der Waals surface area contributed by atoms with E-state index in [1.165, 1.54) is 25.7 Å². The minimum Gasteiger partial charge on any atom is -0.318 e. The molecule has 1 nitrogen and oxygen atoms in total. The molecule has 0 N–H and O–H groups in total. The van der Waals surface area contributed by atoms with Gasteiger partial charge in [-0.25, -0.2) is 0 Å². The van der Waals surface area contributed by atoms with Gasteiger partial charge in [0.05, 0.1) is 6.61 Å². The molecule has 2 heteroatoms. The predicted octanol–water partition coefficient (Wildman–Crippen LogP) is 3.54. The molecule has 0 aromatic heterocycles. The van der Waals surface area contributed by atoms with Crippen LogP contribution in [-0.2, 0) is 4.18 Å². The topological polar surface area (TPSA) is 9.23 Å². The van der Waals surface area contributed by atoms with E-state index in [1.807, 2.05) is 0 Å². The first-order chi connectivity index (χ1) is 6.90. The molecule has 0 aliphatic heterocycles. The SMILES string of the molecule is SOCC1CCC(C2=CCC=C2)CC1. The van der Waals surface area contributed by atoms with Gasteiger partial charge in [0, 0.05) is 0 Å². The number of hydrogen-bond acceptors (Lipinski definition) is 2. The molecule has 78 valence electrons. The Balaban J connectivity index is 1.81. The fourth-order valence-corrected chi connectivity index (χ4v) is 2.76. The Kier molecular flexibility index (Phi) is 3.71. The maximum absolute atomic E-state index is 4.91. The van der Waals surface area contributed by atoms with E-state index in [2.05, 4.69) is 31.1 Å². The van der Waals surface area contributed by atoms with Crippen molar-refractivity contribution in [3.63, 3.8) is 0 Å². The molecule has 0 radical (unpaired) electrons. The summed E-state index contributed by atoms with van der Waals surface area (Å²) in [5, 5.41) is 0. The van der Waals surface area contributed by atoms with Gasteiger partial charge in [0.25, 0.3) is 0 Å². The molecule has 0 aromatic rings. The van der Waals surface area contributed by atoms with Crippen molar-refractivity contribution in [1.29, 1.82) is 0 Å². The molecule has 0 heterocycles.